The molecule has 0 aliphatic carbocycles. The highest BCUT2D eigenvalue weighted by Crippen LogP contribution is 2.36. The van der Waals surface area contributed by atoms with Gasteiger partial charge in [-0.15, -0.1) is 0 Å². The largest absolute Gasteiger partial charge is 0.353 e. The number of hydrogen-bond donors (Lipinski definition) is 2. The fourth-order valence-corrected chi connectivity index (χ4v) is 4.71. The average Bonchev–Trinajstić information content (AvgIpc) is 3.22. The number of aromatic amines is 1. The number of piperazine rings is 1. The fraction of sp³-hybridized carbons (Fsp3) is 0.280. The molecule has 1 aliphatic heterocycles. The molecule has 1 saturated heterocycles. The van der Waals surface area contributed by atoms with Crippen molar-refractivity contribution < 1.29 is 0 Å². The molecule has 4 aromatic heterocycles. The first-order valence-corrected chi connectivity index (χ1v) is 11.2. The Hall–Kier alpha value is -3.58. The molecule has 0 bridgehead atoms. The van der Waals surface area contributed by atoms with Gasteiger partial charge < -0.3 is 15.2 Å². The van der Waals surface area contributed by atoms with Crippen molar-refractivity contribution in [3.05, 3.63) is 54.5 Å². The van der Waals surface area contributed by atoms with E-state index in [0.717, 1.165) is 70.4 Å². The number of para-hydroxylation sites is 1. The molecule has 7 heteroatoms. The van der Waals surface area contributed by atoms with E-state index in [1.807, 2.05) is 30.7 Å². The molecule has 2 N–H and O–H groups in total. The summed E-state index contributed by atoms with van der Waals surface area (Å²) in [4.78, 5) is 25.1. The predicted octanol–water partition coefficient (Wildman–Crippen LogP) is 4.25. The maximum absolute atomic E-state index is 5.19. The van der Waals surface area contributed by atoms with E-state index < -0.39 is 0 Å². The number of aromatic nitrogens is 5. The minimum Gasteiger partial charge on any atom is -0.353 e. The van der Waals surface area contributed by atoms with Crippen LogP contribution in [0.15, 0.2) is 48.9 Å². The normalized spacial score (nSPS) is 14.8. The third-order valence-electron chi connectivity index (χ3n) is 6.30. The zero-order valence-corrected chi connectivity index (χ0v) is 18.3. The first-order valence-electron chi connectivity index (χ1n) is 11.2. The van der Waals surface area contributed by atoms with Crippen LogP contribution in [0.3, 0.4) is 0 Å². The van der Waals surface area contributed by atoms with E-state index in [1.54, 1.807) is 0 Å². The summed E-state index contributed by atoms with van der Waals surface area (Å²) in [6.45, 7) is 8.14. The minimum absolute atomic E-state index is 0.337. The van der Waals surface area contributed by atoms with Crippen LogP contribution in [0, 0.1) is 0 Å². The lowest BCUT2D eigenvalue weighted by atomic mass is 10.00. The van der Waals surface area contributed by atoms with E-state index in [1.165, 1.54) is 5.56 Å². The molecule has 5 aromatic rings. The van der Waals surface area contributed by atoms with Crippen LogP contribution < -0.4 is 10.2 Å². The van der Waals surface area contributed by atoms with Crippen molar-refractivity contribution in [2.24, 2.45) is 0 Å². The minimum atomic E-state index is 0.337. The topological polar surface area (TPSA) is 82.6 Å². The molecule has 0 atom stereocenters. The van der Waals surface area contributed by atoms with Gasteiger partial charge >= 0.3 is 0 Å². The Bertz CT molecular complexity index is 1450. The lowest BCUT2D eigenvalue weighted by Gasteiger charge is -2.30. The molecule has 1 aromatic carbocycles. The first kappa shape index (κ1) is 19.1. The Morgan fingerprint density at radius 1 is 0.969 bits per heavy atom. The third kappa shape index (κ3) is 3.00. The summed E-state index contributed by atoms with van der Waals surface area (Å²) in [6, 6.07) is 10.3. The molecular weight excluding hydrogens is 398 g/mol. The molecule has 0 unspecified atom stereocenters. The van der Waals surface area contributed by atoms with Gasteiger partial charge in [-0.05, 0) is 23.6 Å². The molecule has 1 aliphatic rings. The van der Waals surface area contributed by atoms with E-state index >= 15 is 0 Å². The molecule has 0 saturated carbocycles. The summed E-state index contributed by atoms with van der Waals surface area (Å²) < 4.78 is 0. The molecule has 0 spiro atoms. The van der Waals surface area contributed by atoms with Crippen molar-refractivity contribution in [3.63, 3.8) is 0 Å². The quantitative estimate of drug-likeness (QED) is 0.451. The highest BCUT2D eigenvalue weighted by Gasteiger charge is 2.22. The van der Waals surface area contributed by atoms with Gasteiger partial charge in [0, 0.05) is 65.8 Å². The lowest BCUT2D eigenvalue weighted by molar-refractivity contribution is 0.586. The van der Waals surface area contributed by atoms with Crippen LogP contribution in [-0.4, -0.2) is 51.1 Å². The van der Waals surface area contributed by atoms with E-state index in [-0.39, 0.29) is 0 Å². The Morgan fingerprint density at radius 3 is 2.66 bits per heavy atom. The number of hydrogen-bond acceptors (Lipinski definition) is 6. The number of fused-ring (bicyclic) bond motifs is 4. The van der Waals surface area contributed by atoms with Crippen molar-refractivity contribution in [3.8, 4) is 11.4 Å². The standard InChI is InChI=1S/C25H25N7/c1-15(2)18-13-27-14-20-22(18)25(32-11-9-26-10-12-32)31-23(30-20)17-7-8-28-24-21(17)16-5-3-4-6-19(16)29-24/h3-8,13-15,26H,9-12H2,1-2H3,(H,28,29). The smallest absolute Gasteiger partial charge is 0.163 e. The second-order valence-corrected chi connectivity index (χ2v) is 8.64. The molecular formula is C25H25N7. The molecule has 32 heavy (non-hydrogen) atoms. The molecule has 0 radical (unpaired) electrons. The zero-order valence-electron chi connectivity index (χ0n) is 18.3. The SMILES string of the molecule is CC(C)c1cncc2nc(-c3ccnc4[nH]c5ccccc5c34)nc(N3CCNCC3)c12. The van der Waals surface area contributed by atoms with E-state index in [4.69, 9.17) is 9.97 Å². The molecule has 6 rings (SSSR count). The number of nitrogens with one attached hydrogen (secondary N) is 2. The molecule has 1 fully saturated rings. The average molecular weight is 424 g/mol. The van der Waals surface area contributed by atoms with Gasteiger partial charge in [-0.3, -0.25) is 4.98 Å². The summed E-state index contributed by atoms with van der Waals surface area (Å²) >= 11 is 0. The highest BCUT2D eigenvalue weighted by atomic mass is 15.2. The molecule has 160 valence electrons. The number of benzene rings is 1. The predicted molar refractivity (Wildman–Crippen MR) is 129 cm³/mol. The highest BCUT2D eigenvalue weighted by molar-refractivity contribution is 6.12. The number of anilines is 1. The van der Waals surface area contributed by atoms with Crippen molar-refractivity contribution in [1.29, 1.82) is 0 Å². The zero-order chi connectivity index (χ0) is 21.7. The van der Waals surface area contributed by atoms with Crippen molar-refractivity contribution in [1.82, 2.24) is 30.2 Å². The number of H-pyrrole nitrogens is 1. The molecule has 5 heterocycles. The number of pyridine rings is 2. The summed E-state index contributed by atoms with van der Waals surface area (Å²) in [5, 5.41) is 6.75. The van der Waals surface area contributed by atoms with Crippen LogP contribution in [0.2, 0.25) is 0 Å². The van der Waals surface area contributed by atoms with Gasteiger partial charge in [0.1, 0.15) is 11.5 Å². The second kappa shape index (κ2) is 7.53. The van der Waals surface area contributed by atoms with Gasteiger partial charge in [-0.1, -0.05) is 32.0 Å². The Kier molecular flexibility index (Phi) is 4.50. The van der Waals surface area contributed by atoms with Crippen molar-refractivity contribution >= 4 is 38.7 Å². The number of nitrogens with zero attached hydrogens (tertiary/aromatic N) is 5. The first-order chi connectivity index (χ1) is 15.7. The van der Waals surface area contributed by atoms with Crippen LogP contribution >= 0.6 is 0 Å². The third-order valence-corrected chi connectivity index (χ3v) is 6.30. The Labute approximate surface area is 185 Å². The van der Waals surface area contributed by atoms with E-state index in [2.05, 4.69) is 57.2 Å². The van der Waals surface area contributed by atoms with Crippen LogP contribution in [0.25, 0.3) is 44.2 Å². The van der Waals surface area contributed by atoms with Crippen LogP contribution in [-0.2, 0) is 0 Å². The maximum atomic E-state index is 5.19. The maximum Gasteiger partial charge on any atom is 0.163 e. The van der Waals surface area contributed by atoms with E-state index in [0.29, 0.717) is 11.7 Å². The van der Waals surface area contributed by atoms with Crippen molar-refractivity contribution in [2.45, 2.75) is 19.8 Å². The molecule has 7 nitrogen and oxygen atoms in total. The van der Waals surface area contributed by atoms with Gasteiger partial charge in [0.25, 0.3) is 0 Å². The van der Waals surface area contributed by atoms with Gasteiger partial charge in [0.05, 0.1) is 11.7 Å². The monoisotopic (exact) mass is 423 g/mol. The summed E-state index contributed by atoms with van der Waals surface area (Å²) in [5.74, 6) is 2.05. The van der Waals surface area contributed by atoms with Gasteiger partial charge in [-0.25, -0.2) is 15.0 Å². The summed E-state index contributed by atoms with van der Waals surface area (Å²) in [6.07, 6.45) is 5.66. The summed E-state index contributed by atoms with van der Waals surface area (Å²) in [7, 11) is 0. The van der Waals surface area contributed by atoms with Gasteiger partial charge in [-0.2, -0.15) is 0 Å². The lowest BCUT2D eigenvalue weighted by Crippen LogP contribution is -2.44. The van der Waals surface area contributed by atoms with Crippen molar-refractivity contribution in [2.75, 3.05) is 31.1 Å². The number of rotatable bonds is 3. The van der Waals surface area contributed by atoms with E-state index in [9.17, 15) is 0 Å². The van der Waals surface area contributed by atoms with Crippen LogP contribution in [0.5, 0.6) is 0 Å². The Balaban J connectivity index is 1.66. The second-order valence-electron chi connectivity index (χ2n) is 8.64. The van der Waals surface area contributed by atoms with Crippen LogP contribution in [0.4, 0.5) is 5.82 Å². The Morgan fingerprint density at radius 2 is 1.81 bits per heavy atom. The summed E-state index contributed by atoms with van der Waals surface area (Å²) in [5.41, 5.74) is 4.98. The van der Waals surface area contributed by atoms with Gasteiger partial charge in [0.15, 0.2) is 5.82 Å². The van der Waals surface area contributed by atoms with Gasteiger partial charge in [0.2, 0.25) is 0 Å². The van der Waals surface area contributed by atoms with Crippen LogP contribution in [0.1, 0.15) is 25.3 Å². The molecule has 0 amide bonds. The fourth-order valence-electron chi connectivity index (χ4n) is 4.71.